The number of carbonyl (C=O) groups excluding carboxylic acids is 3. The van der Waals surface area contributed by atoms with Crippen molar-refractivity contribution in [2.45, 2.75) is 5.92 Å². The highest BCUT2D eigenvalue weighted by Crippen LogP contribution is 2.25. The van der Waals surface area contributed by atoms with E-state index in [9.17, 15) is 14.4 Å². The summed E-state index contributed by atoms with van der Waals surface area (Å²) in [6.07, 6.45) is 1.70. The first-order chi connectivity index (χ1) is 13.6. The van der Waals surface area contributed by atoms with Crippen molar-refractivity contribution in [3.63, 3.8) is 0 Å². The van der Waals surface area contributed by atoms with Crippen molar-refractivity contribution >= 4 is 17.8 Å². The van der Waals surface area contributed by atoms with Crippen LogP contribution < -0.4 is 5.32 Å². The molecule has 0 unspecified atom stereocenters. The molecule has 3 rings (SSSR count). The zero-order valence-corrected chi connectivity index (χ0v) is 15.4. The van der Waals surface area contributed by atoms with Gasteiger partial charge >= 0.3 is 5.97 Å². The van der Waals surface area contributed by atoms with Crippen molar-refractivity contribution in [2.24, 2.45) is 7.05 Å². The van der Waals surface area contributed by atoms with Crippen LogP contribution in [0.4, 0.5) is 0 Å². The number of rotatable bonds is 6. The molecular weight excluding hydrogens is 356 g/mol. The van der Waals surface area contributed by atoms with Gasteiger partial charge in [0, 0.05) is 13.2 Å². The number of amides is 2. The molecule has 0 saturated carbocycles. The maximum atomic E-state index is 12.7. The van der Waals surface area contributed by atoms with Crippen LogP contribution in [0.15, 0.2) is 79.0 Å². The number of hydrogen-bond donors (Lipinski definition) is 1. The van der Waals surface area contributed by atoms with Gasteiger partial charge in [-0.3, -0.25) is 19.7 Å². The molecule has 0 aliphatic rings. The molecule has 0 saturated heterocycles. The molecule has 0 radical (unpaired) electrons. The lowest BCUT2D eigenvalue weighted by molar-refractivity contribution is -0.148. The minimum absolute atomic E-state index is 0.339. The van der Waals surface area contributed by atoms with E-state index in [4.69, 9.17) is 4.74 Å². The second-order valence-corrected chi connectivity index (χ2v) is 6.24. The normalized spacial score (nSPS) is 10.5. The van der Waals surface area contributed by atoms with Gasteiger partial charge in [-0.05, 0) is 23.3 Å². The molecule has 6 heteroatoms. The molecule has 0 spiro atoms. The van der Waals surface area contributed by atoms with Gasteiger partial charge in [-0.1, -0.05) is 60.7 Å². The monoisotopic (exact) mass is 376 g/mol. The summed E-state index contributed by atoms with van der Waals surface area (Å²) < 4.78 is 6.81. The second kappa shape index (κ2) is 8.81. The Hall–Kier alpha value is -3.67. The molecule has 0 aliphatic heterocycles. The second-order valence-electron chi connectivity index (χ2n) is 6.24. The summed E-state index contributed by atoms with van der Waals surface area (Å²) in [6.45, 7) is -0.537. The molecule has 0 atom stereocenters. The van der Waals surface area contributed by atoms with Gasteiger partial charge in [0.25, 0.3) is 11.8 Å². The van der Waals surface area contributed by atoms with Gasteiger partial charge < -0.3 is 9.30 Å². The Labute approximate surface area is 162 Å². The molecule has 1 N–H and O–H groups in total. The molecule has 0 bridgehead atoms. The zero-order valence-electron chi connectivity index (χ0n) is 15.4. The van der Waals surface area contributed by atoms with Gasteiger partial charge in [0.05, 0.1) is 0 Å². The fourth-order valence-corrected chi connectivity index (χ4v) is 2.90. The van der Waals surface area contributed by atoms with Gasteiger partial charge in [0.2, 0.25) is 0 Å². The lowest BCUT2D eigenvalue weighted by Gasteiger charge is -2.17. The van der Waals surface area contributed by atoms with Crippen LogP contribution in [0.2, 0.25) is 0 Å². The number of benzene rings is 2. The van der Waals surface area contributed by atoms with Gasteiger partial charge in [0.1, 0.15) is 11.6 Å². The van der Waals surface area contributed by atoms with Gasteiger partial charge in [-0.15, -0.1) is 0 Å². The molecule has 28 heavy (non-hydrogen) atoms. The van der Waals surface area contributed by atoms with E-state index in [-0.39, 0.29) is 0 Å². The van der Waals surface area contributed by atoms with Crippen LogP contribution in [-0.2, 0) is 21.4 Å². The van der Waals surface area contributed by atoms with E-state index in [1.807, 2.05) is 60.7 Å². The van der Waals surface area contributed by atoms with Crippen LogP contribution in [0, 0.1) is 0 Å². The van der Waals surface area contributed by atoms with Crippen molar-refractivity contribution in [1.29, 1.82) is 0 Å². The smallest absolute Gasteiger partial charge is 0.318 e. The number of aryl methyl sites for hydroxylation is 1. The lowest BCUT2D eigenvalue weighted by atomic mass is 9.91. The number of esters is 1. The molecule has 6 nitrogen and oxygen atoms in total. The Bertz CT molecular complexity index is 925. The van der Waals surface area contributed by atoms with Gasteiger partial charge in [0.15, 0.2) is 6.61 Å². The number of nitrogens with one attached hydrogen (secondary N) is 1. The van der Waals surface area contributed by atoms with Crippen LogP contribution >= 0.6 is 0 Å². The van der Waals surface area contributed by atoms with E-state index in [1.54, 1.807) is 29.9 Å². The van der Waals surface area contributed by atoms with E-state index in [2.05, 4.69) is 5.32 Å². The molecule has 0 aliphatic carbocycles. The van der Waals surface area contributed by atoms with Crippen LogP contribution in [0.1, 0.15) is 27.5 Å². The van der Waals surface area contributed by atoms with Crippen molar-refractivity contribution < 1.29 is 19.1 Å². The number of aromatic nitrogens is 1. The van der Waals surface area contributed by atoms with Gasteiger partial charge in [-0.25, -0.2) is 0 Å². The maximum Gasteiger partial charge on any atom is 0.318 e. The summed E-state index contributed by atoms with van der Waals surface area (Å²) in [4.78, 5) is 36.8. The highest BCUT2D eigenvalue weighted by Gasteiger charge is 2.25. The molecule has 2 aromatic carbocycles. The maximum absolute atomic E-state index is 12.7. The predicted molar refractivity (Wildman–Crippen MR) is 104 cm³/mol. The molecule has 142 valence electrons. The Kier molecular flexibility index (Phi) is 6.01. The van der Waals surface area contributed by atoms with E-state index >= 15 is 0 Å². The summed E-state index contributed by atoms with van der Waals surface area (Å²) in [5.41, 5.74) is 1.86. The lowest BCUT2D eigenvalue weighted by Crippen LogP contribution is -2.35. The number of carbonyl (C=O) groups is 3. The molecule has 1 heterocycles. The van der Waals surface area contributed by atoms with E-state index in [1.165, 1.54) is 0 Å². The Morgan fingerprint density at radius 3 is 1.96 bits per heavy atom. The summed E-state index contributed by atoms with van der Waals surface area (Å²) >= 11 is 0. The summed E-state index contributed by atoms with van der Waals surface area (Å²) in [5.74, 6) is -2.44. The highest BCUT2D eigenvalue weighted by molar-refractivity contribution is 6.04. The van der Waals surface area contributed by atoms with Crippen LogP contribution in [0.3, 0.4) is 0 Å². The minimum Gasteiger partial charge on any atom is -0.455 e. The molecular formula is C22H20N2O4. The number of imide groups is 1. The molecule has 3 aromatic rings. The Morgan fingerprint density at radius 1 is 0.893 bits per heavy atom. The Balaban J connectivity index is 1.66. The van der Waals surface area contributed by atoms with Gasteiger partial charge in [-0.2, -0.15) is 0 Å². The standard InChI is InChI=1S/C22H20N2O4/c1-24-14-8-13-18(24)21(26)23-19(25)15-28-22(27)20(16-9-4-2-5-10-16)17-11-6-3-7-12-17/h2-14,20H,15H2,1H3,(H,23,25,26). The molecule has 0 fully saturated rings. The van der Waals surface area contributed by atoms with Crippen molar-refractivity contribution in [2.75, 3.05) is 6.61 Å². The first-order valence-corrected chi connectivity index (χ1v) is 8.78. The average Bonchev–Trinajstić information content (AvgIpc) is 3.14. The Morgan fingerprint density at radius 2 is 1.46 bits per heavy atom. The predicted octanol–water partition coefficient (Wildman–Crippen LogP) is 2.66. The fourth-order valence-electron chi connectivity index (χ4n) is 2.90. The summed E-state index contributed by atoms with van der Waals surface area (Å²) in [5, 5.41) is 2.22. The van der Waals surface area contributed by atoms with Crippen LogP contribution in [0.5, 0.6) is 0 Å². The fraction of sp³-hybridized carbons (Fsp3) is 0.136. The molecule has 1 aromatic heterocycles. The number of nitrogens with zero attached hydrogens (tertiary/aromatic N) is 1. The molecule has 2 amide bonds. The van der Waals surface area contributed by atoms with Crippen LogP contribution in [0.25, 0.3) is 0 Å². The van der Waals surface area contributed by atoms with Crippen LogP contribution in [-0.4, -0.2) is 29.0 Å². The first-order valence-electron chi connectivity index (χ1n) is 8.78. The summed E-state index contributed by atoms with van der Waals surface area (Å²) in [7, 11) is 1.70. The third kappa shape index (κ3) is 4.54. The third-order valence-electron chi connectivity index (χ3n) is 4.28. The number of hydrogen-bond acceptors (Lipinski definition) is 4. The van der Waals surface area contributed by atoms with E-state index in [0.717, 1.165) is 11.1 Å². The quantitative estimate of drug-likeness (QED) is 0.671. The van der Waals surface area contributed by atoms with E-state index in [0.29, 0.717) is 5.69 Å². The SMILES string of the molecule is Cn1cccc1C(=O)NC(=O)COC(=O)C(c1ccccc1)c1ccccc1. The summed E-state index contributed by atoms with van der Waals surface area (Å²) in [6, 6.07) is 21.7. The van der Waals surface area contributed by atoms with Crippen molar-refractivity contribution in [3.8, 4) is 0 Å². The average molecular weight is 376 g/mol. The van der Waals surface area contributed by atoms with Crippen molar-refractivity contribution in [1.82, 2.24) is 9.88 Å². The topological polar surface area (TPSA) is 77.4 Å². The van der Waals surface area contributed by atoms with E-state index < -0.39 is 30.3 Å². The third-order valence-corrected chi connectivity index (χ3v) is 4.28. The largest absolute Gasteiger partial charge is 0.455 e. The zero-order chi connectivity index (χ0) is 19.9. The first kappa shape index (κ1) is 19.1. The minimum atomic E-state index is -0.681. The number of ether oxygens (including phenoxy) is 1. The highest BCUT2D eigenvalue weighted by atomic mass is 16.5. The van der Waals surface area contributed by atoms with Crippen molar-refractivity contribution in [3.05, 3.63) is 95.8 Å².